The Morgan fingerprint density at radius 1 is 1.20 bits per heavy atom. The summed E-state index contributed by atoms with van der Waals surface area (Å²) in [6.45, 7) is 3.80. The molecule has 7 nitrogen and oxygen atoms in total. The average Bonchev–Trinajstić information content (AvgIpc) is 2.77. The minimum atomic E-state index is -0.391. The van der Waals surface area contributed by atoms with Crippen molar-refractivity contribution in [2.24, 2.45) is 0 Å². The molecule has 0 atom stereocenters. The van der Waals surface area contributed by atoms with Crippen molar-refractivity contribution in [1.29, 1.82) is 0 Å². The van der Waals surface area contributed by atoms with Gasteiger partial charge in [-0.15, -0.1) is 0 Å². The Bertz CT molecular complexity index is 1310. The monoisotopic (exact) mass is 419 g/mol. The molecule has 1 aromatic carbocycles. The lowest BCUT2D eigenvalue weighted by Crippen LogP contribution is -2.32. The number of hydrogen-bond acceptors (Lipinski definition) is 7. The molecule has 0 radical (unpaired) electrons. The second-order valence-corrected chi connectivity index (χ2v) is 7.81. The number of benzene rings is 1. The molecule has 0 bridgehead atoms. The summed E-state index contributed by atoms with van der Waals surface area (Å²) in [7, 11) is 0. The number of aryl methyl sites for hydroxylation is 1. The standard InChI is InChI=1S/C22H18ClN5O2/c1-13-2-3-19-16(6-13)20(23)17(22(29)30-19)11-28-5-4-18-15(10-28)9-26-21(27-18)14-7-24-12-25-8-14/h2-3,6-9,12H,4-5,10-11H2,1H3. The lowest BCUT2D eigenvalue weighted by Gasteiger charge is -2.28. The highest BCUT2D eigenvalue weighted by atomic mass is 35.5. The Labute approximate surface area is 177 Å². The molecule has 0 amide bonds. The molecule has 1 aliphatic rings. The van der Waals surface area contributed by atoms with Crippen molar-refractivity contribution in [2.75, 3.05) is 6.54 Å². The van der Waals surface area contributed by atoms with E-state index in [-0.39, 0.29) is 0 Å². The van der Waals surface area contributed by atoms with Gasteiger partial charge in [0.05, 0.1) is 21.8 Å². The zero-order valence-corrected chi connectivity index (χ0v) is 17.1. The van der Waals surface area contributed by atoms with E-state index in [1.54, 1.807) is 18.5 Å². The lowest BCUT2D eigenvalue weighted by atomic mass is 10.1. The summed E-state index contributed by atoms with van der Waals surface area (Å²) in [5.74, 6) is 0.622. The van der Waals surface area contributed by atoms with Crippen LogP contribution in [0.4, 0.5) is 0 Å². The first-order chi connectivity index (χ1) is 14.6. The minimum absolute atomic E-state index is 0.391. The van der Waals surface area contributed by atoms with Crippen LogP contribution in [0.15, 0.2) is 52.3 Å². The van der Waals surface area contributed by atoms with E-state index < -0.39 is 5.63 Å². The number of halogens is 1. The fourth-order valence-electron chi connectivity index (χ4n) is 3.74. The fourth-order valence-corrected chi connectivity index (χ4v) is 4.02. The average molecular weight is 420 g/mol. The zero-order chi connectivity index (χ0) is 20.7. The smallest absolute Gasteiger partial charge is 0.342 e. The first kappa shape index (κ1) is 18.8. The first-order valence-electron chi connectivity index (χ1n) is 9.63. The molecule has 0 saturated heterocycles. The number of nitrogens with zero attached hydrogens (tertiary/aromatic N) is 5. The van der Waals surface area contributed by atoms with E-state index in [4.69, 9.17) is 16.0 Å². The molecule has 8 heteroatoms. The van der Waals surface area contributed by atoms with E-state index in [1.165, 1.54) is 6.33 Å². The van der Waals surface area contributed by atoms with Gasteiger partial charge in [-0.2, -0.15) is 0 Å². The van der Waals surface area contributed by atoms with Gasteiger partial charge in [-0.05, 0) is 19.1 Å². The van der Waals surface area contributed by atoms with Crippen LogP contribution in [0.5, 0.6) is 0 Å². The number of hydrogen-bond donors (Lipinski definition) is 0. The maximum Gasteiger partial charge on any atom is 0.342 e. The van der Waals surface area contributed by atoms with E-state index in [1.807, 2.05) is 25.3 Å². The van der Waals surface area contributed by atoms with Crippen molar-refractivity contribution in [3.05, 3.63) is 80.9 Å². The van der Waals surface area contributed by atoms with Crippen LogP contribution in [0, 0.1) is 6.92 Å². The van der Waals surface area contributed by atoms with Crippen LogP contribution < -0.4 is 5.63 Å². The van der Waals surface area contributed by atoms with E-state index in [0.717, 1.165) is 40.7 Å². The molecule has 0 N–H and O–H groups in total. The Kier molecular flexibility index (Phi) is 4.77. The molecule has 3 aromatic heterocycles. The summed E-state index contributed by atoms with van der Waals surface area (Å²) < 4.78 is 5.50. The summed E-state index contributed by atoms with van der Waals surface area (Å²) in [5, 5.41) is 1.23. The molecule has 150 valence electrons. The van der Waals surface area contributed by atoms with Crippen molar-refractivity contribution in [2.45, 2.75) is 26.4 Å². The summed E-state index contributed by atoms with van der Waals surface area (Å²) in [5.41, 5.74) is 4.50. The van der Waals surface area contributed by atoms with Gasteiger partial charge >= 0.3 is 5.63 Å². The highest BCUT2D eigenvalue weighted by Gasteiger charge is 2.22. The van der Waals surface area contributed by atoms with Crippen LogP contribution in [-0.2, 0) is 19.5 Å². The maximum absolute atomic E-state index is 12.5. The number of aromatic nitrogens is 4. The van der Waals surface area contributed by atoms with Crippen LogP contribution >= 0.6 is 11.6 Å². The Hall–Kier alpha value is -3.16. The molecular formula is C22H18ClN5O2. The van der Waals surface area contributed by atoms with E-state index in [0.29, 0.717) is 35.1 Å². The van der Waals surface area contributed by atoms with Gasteiger partial charge in [0.2, 0.25) is 0 Å². The molecule has 0 saturated carbocycles. The van der Waals surface area contributed by atoms with Gasteiger partial charge in [-0.3, -0.25) is 4.90 Å². The quantitative estimate of drug-likeness (QED) is 0.469. The highest BCUT2D eigenvalue weighted by Crippen LogP contribution is 2.28. The van der Waals surface area contributed by atoms with Gasteiger partial charge < -0.3 is 4.42 Å². The van der Waals surface area contributed by atoms with E-state index >= 15 is 0 Å². The predicted molar refractivity (Wildman–Crippen MR) is 113 cm³/mol. The van der Waals surface area contributed by atoms with Gasteiger partial charge in [-0.25, -0.2) is 24.7 Å². The topological polar surface area (TPSA) is 85.0 Å². The maximum atomic E-state index is 12.5. The normalized spacial score (nSPS) is 14.1. The molecule has 0 fully saturated rings. The molecular weight excluding hydrogens is 402 g/mol. The SMILES string of the molecule is Cc1ccc2oc(=O)c(CN3CCc4nc(-c5cncnc5)ncc4C3)c(Cl)c2c1. The van der Waals surface area contributed by atoms with Crippen molar-refractivity contribution >= 4 is 22.6 Å². The Morgan fingerprint density at radius 3 is 2.87 bits per heavy atom. The van der Waals surface area contributed by atoms with Gasteiger partial charge in [0.15, 0.2) is 5.82 Å². The fraction of sp³-hybridized carbons (Fsp3) is 0.227. The van der Waals surface area contributed by atoms with Crippen molar-refractivity contribution in [3.8, 4) is 11.4 Å². The third-order valence-electron chi connectivity index (χ3n) is 5.30. The van der Waals surface area contributed by atoms with Crippen LogP contribution in [0.1, 0.15) is 22.4 Å². The summed E-state index contributed by atoms with van der Waals surface area (Å²) >= 11 is 6.60. The van der Waals surface area contributed by atoms with Gasteiger partial charge in [-0.1, -0.05) is 23.2 Å². The van der Waals surface area contributed by atoms with E-state index in [2.05, 4.69) is 24.8 Å². The van der Waals surface area contributed by atoms with Crippen molar-refractivity contribution in [3.63, 3.8) is 0 Å². The van der Waals surface area contributed by atoms with Crippen LogP contribution in [-0.4, -0.2) is 31.4 Å². The molecule has 4 aromatic rings. The molecule has 1 aliphatic heterocycles. The highest BCUT2D eigenvalue weighted by molar-refractivity contribution is 6.36. The van der Waals surface area contributed by atoms with Gasteiger partial charge in [0, 0.05) is 55.6 Å². The zero-order valence-electron chi connectivity index (χ0n) is 16.3. The van der Waals surface area contributed by atoms with Crippen molar-refractivity contribution < 1.29 is 4.42 Å². The predicted octanol–water partition coefficient (Wildman–Crippen LogP) is 3.56. The minimum Gasteiger partial charge on any atom is -0.422 e. The number of fused-ring (bicyclic) bond motifs is 2. The molecule has 0 aliphatic carbocycles. The Morgan fingerprint density at radius 2 is 2.03 bits per heavy atom. The van der Waals surface area contributed by atoms with Crippen LogP contribution in [0.3, 0.4) is 0 Å². The Balaban J connectivity index is 1.41. The second-order valence-electron chi connectivity index (χ2n) is 7.44. The summed E-state index contributed by atoms with van der Waals surface area (Å²) in [4.78, 5) is 31.9. The summed E-state index contributed by atoms with van der Waals surface area (Å²) in [6.07, 6.45) is 7.48. The first-order valence-corrected chi connectivity index (χ1v) is 10.0. The lowest BCUT2D eigenvalue weighted by molar-refractivity contribution is 0.240. The second kappa shape index (κ2) is 7.59. The van der Waals surface area contributed by atoms with Crippen LogP contribution in [0.2, 0.25) is 5.02 Å². The van der Waals surface area contributed by atoms with Crippen molar-refractivity contribution in [1.82, 2.24) is 24.8 Å². The van der Waals surface area contributed by atoms with Gasteiger partial charge in [0.25, 0.3) is 0 Å². The largest absolute Gasteiger partial charge is 0.422 e. The number of rotatable bonds is 3. The molecule has 5 rings (SSSR count). The van der Waals surface area contributed by atoms with Crippen LogP contribution in [0.25, 0.3) is 22.4 Å². The summed E-state index contributed by atoms with van der Waals surface area (Å²) in [6, 6.07) is 5.63. The molecule has 4 heterocycles. The van der Waals surface area contributed by atoms with E-state index in [9.17, 15) is 4.79 Å². The molecule has 0 spiro atoms. The molecule has 30 heavy (non-hydrogen) atoms. The molecule has 0 unspecified atom stereocenters. The van der Waals surface area contributed by atoms with Gasteiger partial charge in [0.1, 0.15) is 11.9 Å². The third-order valence-corrected chi connectivity index (χ3v) is 5.73. The third kappa shape index (κ3) is 3.46.